The van der Waals surface area contributed by atoms with E-state index in [1.165, 1.54) is 114 Å². The Hall–Kier alpha value is -2.49. The van der Waals surface area contributed by atoms with E-state index in [-0.39, 0.29) is 12.3 Å². The number of ether oxygens (including phenoxy) is 1. The summed E-state index contributed by atoms with van der Waals surface area (Å²) in [7, 11) is -4.67. The van der Waals surface area contributed by atoms with Gasteiger partial charge in [-0.15, -0.1) is 0 Å². The molecule has 0 saturated carbocycles. The predicted molar refractivity (Wildman–Crippen MR) is 187 cm³/mol. The average Bonchev–Trinajstić information content (AvgIpc) is 2.98. The largest absolute Gasteiger partial charge is 0.473 e. The minimum Gasteiger partial charge on any atom is -0.473 e. The maximum Gasteiger partial charge on any atom is 0.394 e. The lowest BCUT2D eigenvalue weighted by Crippen LogP contribution is -1.97. The molecule has 0 aliphatic carbocycles. The molecule has 2 aromatic carbocycles. The van der Waals surface area contributed by atoms with Gasteiger partial charge < -0.3 is 17.0 Å². The van der Waals surface area contributed by atoms with Crippen molar-refractivity contribution in [2.75, 3.05) is 0 Å². The third-order valence-electron chi connectivity index (χ3n) is 7.47. The van der Waals surface area contributed by atoms with E-state index < -0.39 is 10.4 Å². The van der Waals surface area contributed by atoms with Gasteiger partial charge in [0.15, 0.2) is 0 Å². The topological polar surface area (TPSA) is 154 Å². The molecule has 2 aromatic rings. The van der Waals surface area contributed by atoms with Crippen molar-refractivity contribution in [2.24, 2.45) is 0 Å². The highest BCUT2D eigenvalue weighted by molar-refractivity contribution is 7.79. The summed E-state index contributed by atoms with van der Waals surface area (Å²) in [4.78, 5) is 0. The number of benzene rings is 2. The van der Waals surface area contributed by atoms with E-state index in [9.17, 15) is 0 Å². The van der Waals surface area contributed by atoms with Crippen molar-refractivity contribution in [1.29, 1.82) is 0 Å². The first-order valence-electron chi connectivity index (χ1n) is 16.1. The van der Waals surface area contributed by atoms with Gasteiger partial charge in [0.1, 0.15) is 0 Å². The SMILES string of the molecule is CCCCCCCCCC(C=COC=CC(CCCCCCCCC)c1ccccc1)c1ccccc1.N.N.O=S(=O)(O)O. The fourth-order valence-corrected chi connectivity index (χ4v) is 5.12. The molecule has 0 heterocycles. The van der Waals surface area contributed by atoms with Crippen LogP contribution in [0, 0.1) is 0 Å². The lowest BCUT2D eigenvalue weighted by molar-refractivity contribution is 0.381. The van der Waals surface area contributed by atoms with E-state index in [1.807, 2.05) is 12.5 Å². The Morgan fingerprint density at radius 2 is 0.864 bits per heavy atom. The fraction of sp³-hybridized carbons (Fsp3) is 0.556. The molecule has 0 radical (unpaired) electrons. The van der Waals surface area contributed by atoms with Crippen LogP contribution in [0.2, 0.25) is 0 Å². The Bertz CT molecular complexity index is 969. The van der Waals surface area contributed by atoms with E-state index in [0.717, 1.165) is 0 Å². The van der Waals surface area contributed by atoms with Crippen molar-refractivity contribution in [3.8, 4) is 0 Å². The standard InChI is InChI=1S/C36H54O.2H3N.H2O4S/c1-3-5-7-9-11-13-17-27-35(33-23-19-15-20-24-33)29-31-37-32-30-36(34-25-21-16-22-26-34)28-18-14-12-10-8-6-4-2;;;1-5(2,3)4/h15-16,19-26,29-32,35-36H,3-14,17-18,27-28H2,1-2H3;2*1H3;(H2,1,2,3,4). The van der Waals surface area contributed by atoms with Gasteiger partial charge in [-0.25, -0.2) is 0 Å². The van der Waals surface area contributed by atoms with Crippen LogP contribution >= 0.6 is 0 Å². The van der Waals surface area contributed by atoms with Crippen LogP contribution in [0.15, 0.2) is 85.3 Å². The minimum absolute atomic E-state index is 0. The summed E-state index contributed by atoms with van der Waals surface area (Å²) >= 11 is 0. The van der Waals surface area contributed by atoms with Crippen molar-refractivity contribution >= 4 is 10.4 Å². The van der Waals surface area contributed by atoms with E-state index in [0.29, 0.717) is 11.8 Å². The Morgan fingerprint density at radius 3 is 1.18 bits per heavy atom. The number of hydrogen-bond donors (Lipinski definition) is 4. The monoisotopic (exact) mass is 634 g/mol. The van der Waals surface area contributed by atoms with Crippen molar-refractivity contribution in [3.63, 3.8) is 0 Å². The molecule has 8 heteroatoms. The van der Waals surface area contributed by atoms with Gasteiger partial charge in [0.25, 0.3) is 0 Å². The Balaban J connectivity index is 0. The summed E-state index contributed by atoms with van der Waals surface area (Å²) in [6.07, 6.45) is 29.6. The van der Waals surface area contributed by atoms with Crippen molar-refractivity contribution in [1.82, 2.24) is 12.3 Å². The minimum atomic E-state index is -4.67. The second-order valence-electron chi connectivity index (χ2n) is 11.1. The lowest BCUT2D eigenvalue weighted by atomic mass is 9.93. The van der Waals surface area contributed by atoms with Gasteiger partial charge in [-0.2, -0.15) is 8.42 Å². The zero-order valence-electron chi connectivity index (χ0n) is 27.5. The highest BCUT2D eigenvalue weighted by Gasteiger charge is 2.09. The first kappa shape index (κ1) is 43.6. The van der Waals surface area contributed by atoms with E-state index in [2.05, 4.69) is 86.7 Å². The van der Waals surface area contributed by atoms with Gasteiger partial charge in [0.2, 0.25) is 0 Å². The normalized spacial score (nSPS) is 12.5. The van der Waals surface area contributed by atoms with Crippen LogP contribution in [0.25, 0.3) is 0 Å². The zero-order chi connectivity index (χ0) is 30.7. The molecule has 2 unspecified atom stereocenters. The van der Waals surface area contributed by atoms with Crippen LogP contribution < -0.4 is 12.3 Å². The summed E-state index contributed by atoms with van der Waals surface area (Å²) < 4.78 is 37.5. The fourth-order valence-electron chi connectivity index (χ4n) is 5.12. The van der Waals surface area contributed by atoms with E-state index >= 15 is 0 Å². The van der Waals surface area contributed by atoms with Crippen LogP contribution in [0.3, 0.4) is 0 Å². The van der Waals surface area contributed by atoms with Crippen LogP contribution in [-0.2, 0) is 15.1 Å². The molecule has 44 heavy (non-hydrogen) atoms. The molecule has 0 aromatic heterocycles. The van der Waals surface area contributed by atoms with Crippen LogP contribution in [0.1, 0.15) is 140 Å². The number of unbranched alkanes of at least 4 members (excludes halogenated alkanes) is 12. The molecule has 2 rings (SSSR count). The molecule has 8 N–H and O–H groups in total. The van der Waals surface area contributed by atoms with Crippen LogP contribution in [0.4, 0.5) is 0 Å². The second kappa shape index (κ2) is 29.2. The van der Waals surface area contributed by atoms with Crippen molar-refractivity contribution in [2.45, 2.75) is 128 Å². The van der Waals surface area contributed by atoms with Gasteiger partial charge in [-0.3, -0.25) is 9.11 Å². The predicted octanol–water partition coefficient (Wildman–Crippen LogP) is 11.6. The molecule has 0 saturated heterocycles. The van der Waals surface area contributed by atoms with Gasteiger partial charge in [-0.05, 0) is 36.1 Å². The summed E-state index contributed by atoms with van der Waals surface area (Å²) in [5.74, 6) is 0.839. The first-order valence-corrected chi connectivity index (χ1v) is 17.5. The molecule has 2 atom stereocenters. The molecular weight excluding hydrogens is 572 g/mol. The summed E-state index contributed by atoms with van der Waals surface area (Å²) in [5, 5.41) is 0. The molecule has 0 aliphatic rings. The van der Waals surface area contributed by atoms with Gasteiger partial charge in [0, 0.05) is 11.8 Å². The Kier molecular flexibility index (Phi) is 29.0. The highest BCUT2D eigenvalue weighted by atomic mass is 32.3. The number of rotatable bonds is 22. The quantitative estimate of drug-likeness (QED) is 0.0570. The lowest BCUT2D eigenvalue weighted by Gasteiger charge is -2.14. The van der Waals surface area contributed by atoms with Gasteiger partial charge >= 0.3 is 10.4 Å². The van der Waals surface area contributed by atoms with Crippen LogP contribution in [0.5, 0.6) is 0 Å². The summed E-state index contributed by atoms with van der Waals surface area (Å²) in [6.45, 7) is 4.57. The average molecular weight is 635 g/mol. The van der Waals surface area contributed by atoms with Gasteiger partial charge in [0.05, 0.1) is 12.5 Å². The van der Waals surface area contributed by atoms with Crippen LogP contribution in [-0.4, -0.2) is 17.5 Å². The number of hydrogen-bond acceptors (Lipinski definition) is 5. The van der Waals surface area contributed by atoms with Crippen molar-refractivity contribution in [3.05, 3.63) is 96.5 Å². The Morgan fingerprint density at radius 1 is 0.568 bits per heavy atom. The number of allylic oxidation sites excluding steroid dienone is 2. The van der Waals surface area contributed by atoms with E-state index in [4.69, 9.17) is 22.3 Å². The zero-order valence-corrected chi connectivity index (χ0v) is 28.3. The molecule has 252 valence electrons. The highest BCUT2D eigenvalue weighted by Crippen LogP contribution is 2.26. The maximum absolute atomic E-state index is 8.74. The first-order chi connectivity index (χ1) is 20.3. The maximum atomic E-state index is 8.74. The molecule has 0 bridgehead atoms. The molecule has 0 aliphatic heterocycles. The molecule has 0 fully saturated rings. The van der Waals surface area contributed by atoms with Gasteiger partial charge in [-0.1, -0.05) is 164 Å². The molecule has 0 amide bonds. The third kappa shape index (κ3) is 26.0. The molecule has 7 nitrogen and oxygen atoms in total. The summed E-state index contributed by atoms with van der Waals surface area (Å²) in [6, 6.07) is 21.8. The van der Waals surface area contributed by atoms with E-state index in [1.54, 1.807) is 0 Å². The molecular formula is C36H62N2O5S. The Labute approximate surface area is 269 Å². The third-order valence-corrected chi connectivity index (χ3v) is 7.47. The summed E-state index contributed by atoms with van der Waals surface area (Å²) in [5.41, 5.74) is 2.77. The smallest absolute Gasteiger partial charge is 0.394 e. The molecule has 0 spiro atoms. The second-order valence-corrected chi connectivity index (χ2v) is 12.0. The van der Waals surface area contributed by atoms with Crippen molar-refractivity contribution < 1.29 is 22.3 Å².